The van der Waals surface area contributed by atoms with Gasteiger partial charge in [0.25, 0.3) is 0 Å². The minimum absolute atomic E-state index is 0.288. The van der Waals surface area contributed by atoms with Gasteiger partial charge in [-0.05, 0) is 19.3 Å². The second kappa shape index (κ2) is 39.4. The second-order valence-electron chi connectivity index (χ2n) is 22.6. The van der Waals surface area contributed by atoms with Gasteiger partial charge in [0, 0.05) is 0 Å². The van der Waals surface area contributed by atoms with Crippen molar-refractivity contribution in [3.8, 4) is 0 Å². The highest BCUT2D eigenvalue weighted by atomic mass is 16.7. The molecular weight excluding hydrogens is 1030 g/mol. The molecule has 4 saturated heterocycles. The van der Waals surface area contributed by atoms with E-state index in [1.807, 2.05) is 0 Å². The lowest BCUT2D eigenvalue weighted by Crippen LogP contribution is -2.60. The number of aliphatic hydroxyl groups excluding tert-OH is 9. The number of unbranched alkanes of at least 4 members (excludes halogenated alkanes) is 22. The van der Waals surface area contributed by atoms with Crippen molar-refractivity contribution >= 4 is 17.9 Å². The Bertz CT molecular complexity index is 1610. The van der Waals surface area contributed by atoms with Crippen molar-refractivity contribution in [1.82, 2.24) is 0 Å². The first-order valence-corrected chi connectivity index (χ1v) is 30.6. The average Bonchev–Trinajstić information content (AvgIpc) is 3.45. The van der Waals surface area contributed by atoms with Crippen molar-refractivity contribution < 1.29 is 103 Å². The maximum atomic E-state index is 13.6. The van der Waals surface area contributed by atoms with Crippen LogP contribution in [0.4, 0.5) is 0 Å². The highest BCUT2D eigenvalue weighted by molar-refractivity contribution is 5.70. The number of cyclic esters (lactones) is 3. The van der Waals surface area contributed by atoms with E-state index in [4.69, 9.17) is 42.6 Å². The fourth-order valence-corrected chi connectivity index (χ4v) is 10.7. The van der Waals surface area contributed by atoms with Gasteiger partial charge in [0.15, 0.2) is 18.9 Å². The molecular formula is C58H104O21. The number of carbonyl (C=O) groups is 3. The minimum Gasteiger partial charge on any atom is -0.463 e. The van der Waals surface area contributed by atoms with Crippen molar-refractivity contribution in [2.75, 3.05) is 19.8 Å². The zero-order valence-corrected chi connectivity index (χ0v) is 47.9. The Labute approximate surface area is 469 Å². The van der Waals surface area contributed by atoms with E-state index in [9.17, 15) is 60.3 Å². The number of carbonyl (C=O) groups excluding carboxylic acids is 3. The Morgan fingerprint density at radius 2 is 0.506 bits per heavy atom. The molecule has 4 heterocycles. The molecule has 4 aliphatic heterocycles. The van der Waals surface area contributed by atoms with Crippen molar-refractivity contribution in [1.29, 1.82) is 0 Å². The van der Waals surface area contributed by atoms with Gasteiger partial charge in [0.1, 0.15) is 93.1 Å². The van der Waals surface area contributed by atoms with Gasteiger partial charge >= 0.3 is 17.9 Å². The zero-order valence-electron chi connectivity index (χ0n) is 47.9. The molecule has 21 heteroatoms. The van der Waals surface area contributed by atoms with Crippen LogP contribution in [-0.4, -0.2) is 194 Å². The van der Waals surface area contributed by atoms with Gasteiger partial charge in [0.2, 0.25) is 0 Å². The molecule has 0 radical (unpaired) electrons. The fraction of sp³-hybridized carbons (Fsp3) is 0.948. The molecule has 0 aromatic carbocycles. The van der Waals surface area contributed by atoms with E-state index in [-0.39, 0.29) is 19.3 Å². The van der Waals surface area contributed by atoms with E-state index < -0.39 is 167 Å². The number of esters is 3. The maximum Gasteiger partial charge on any atom is 0.308 e. The lowest BCUT2D eigenvalue weighted by Gasteiger charge is -2.41. The third-order valence-corrected chi connectivity index (χ3v) is 15.8. The zero-order chi connectivity index (χ0) is 57.5. The molecule has 6 bridgehead atoms. The third-order valence-electron chi connectivity index (χ3n) is 15.8. The molecule has 4 fully saturated rings. The van der Waals surface area contributed by atoms with Crippen LogP contribution in [0.2, 0.25) is 0 Å². The van der Waals surface area contributed by atoms with Gasteiger partial charge in [-0.25, -0.2) is 0 Å². The van der Waals surface area contributed by atoms with Gasteiger partial charge in [-0.1, -0.05) is 181 Å². The van der Waals surface area contributed by atoms with Crippen molar-refractivity contribution in [2.45, 2.75) is 330 Å². The van der Waals surface area contributed by atoms with Crippen LogP contribution >= 0.6 is 0 Å². The van der Waals surface area contributed by atoms with Gasteiger partial charge < -0.3 is 88.6 Å². The SMILES string of the molecule is CCCCCCCCCCC[C@@H]1CC(=O)OC[C@H]2O[C@H](O[C@H](CCCCCCCCCCC)CC(=O)OC[C@H]3O[C@@H](O[C@@H](CCCCCCCCC)CC(=O)OC[C@@H]4O[C@@H](O1)[C@@H](O)[C@@H](O)[C@H]4O)[C@@H](O)[C@@H](O)[C@@H]3O)[C@H](O)[C@@H](O)[C@@H]2O. The Morgan fingerprint density at radius 1 is 0.291 bits per heavy atom. The van der Waals surface area contributed by atoms with E-state index in [0.29, 0.717) is 19.3 Å². The molecule has 4 rings (SSSR count). The number of rotatable bonds is 28. The molecule has 21 nitrogen and oxygen atoms in total. The predicted molar refractivity (Wildman–Crippen MR) is 288 cm³/mol. The van der Waals surface area contributed by atoms with E-state index in [0.717, 1.165) is 116 Å². The van der Waals surface area contributed by atoms with E-state index in [2.05, 4.69) is 20.8 Å². The minimum atomic E-state index is -1.82. The van der Waals surface area contributed by atoms with Crippen LogP contribution in [0.1, 0.15) is 220 Å². The van der Waals surface area contributed by atoms with Crippen LogP contribution in [0.15, 0.2) is 0 Å². The first-order chi connectivity index (χ1) is 38.1. The quantitative estimate of drug-likeness (QED) is 0.0270. The summed E-state index contributed by atoms with van der Waals surface area (Å²) in [5.74, 6) is -2.46. The smallest absolute Gasteiger partial charge is 0.308 e. The highest BCUT2D eigenvalue weighted by Crippen LogP contribution is 2.31. The highest BCUT2D eigenvalue weighted by Gasteiger charge is 2.49. The maximum absolute atomic E-state index is 13.6. The Balaban J connectivity index is 1.59. The number of hydrogen-bond donors (Lipinski definition) is 9. The normalized spacial score (nSPS) is 35.0. The lowest BCUT2D eigenvalue weighted by molar-refractivity contribution is -0.314. The summed E-state index contributed by atoms with van der Waals surface area (Å²) in [5.41, 5.74) is 0. The molecule has 0 aromatic rings. The molecule has 462 valence electrons. The number of ether oxygens (including phenoxy) is 9. The Hall–Kier alpha value is -2.19. The monoisotopic (exact) mass is 1140 g/mol. The second-order valence-corrected chi connectivity index (χ2v) is 22.6. The van der Waals surface area contributed by atoms with Crippen molar-refractivity contribution in [2.24, 2.45) is 0 Å². The molecule has 0 amide bonds. The molecule has 0 unspecified atom stereocenters. The summed E-state index contributed by atoms with van der Waals surface area (Å²) in [6.45, 7) is 4.65. The number of fused-ring (bicyclic) bond motifs is 6. The van der Waals surface area contributed by atoms with Crippen molar-refractivity contribution in [3.63, 3.8) is 0 Å². The largest absolute Gasteiger partial charge is 0.463 e. The molecule has 4 aliphatic rings. The topological polar surface area (TPSA) is 316 Å². The predicted octanol–water partition coefficient (Wildman–Crippen LogP) is 5.36. The molecule has 0 saturated carbocycles. The number of hydrogen-bond acceptors (Lipinski definition) is 21. The molecule has 0 aliphatic carbocycles. The summed E-state index contributed by atoms with van der Waals surface area (Å²) in [6, 6.07) is 0. The first-order valence-electron chi connectivity index (χ1n) is 30.6. The standard InChI is InChI=1S/C58H104O21/c1-4-7-10-13-16-18-21-24-27-30-39-33-45(60)72-36-41-47(62)50(65)53(68)56(77-41)74-38(29-26-23-20-15-12-9-6-3)32-44(59)71-35-42-48(63)51(66)54(69)57(78-42)75-40(31-28-25-22-19-17-14-11-8-5-2)34-46(61)73-37-43-49(64)52(67)55(70)58(76-39)79-43/h38-43,47-58,62-70H,4-37H2,1-3H3/t38-,39+,40+,41+,42-,43+,47+,48-,49+,50-,51-,52-,53-,54-,55+,56+,57+,58-/m0/s1. The van der Waals surface area contributed by atoms with Gasteiger partial charge in [-0.3, -0.25) is 14.4 Å². The van der Waals surface area contributed by atoms with E-state index in [1.54, 1.807) is 0 Å². The fourth-order valence-electron chi connectivity index (χ4n) is 10.7. The molecule has 18 atom stereocenters. The summed E-state index contributed by atoms with van der Waals surface area (Å²) in [4.78, 5) is 40.9. The summed E-state index contributed by atoms with van der Waals surface area (Å²) in [6.07, 6.45) is -3.41. The van der Waals surface area contributed by atoms with Gasteiger partial charge in [0.05, 0.1) is 37.6 Å². The van der Waals surface area contributed by atoms with Crippen LogP contribution in [0.3, 0.4) is 0 Å². The number of aliphatic hydroxyl groups is 9. The molecule has 0 aromatic heterocycles. The Morgan fingerprint density at radius 3 is 0.734 bits per heavy atom. The van der Waals surface area contributed by atoms with Crippen molar-refractivity contribution in [3.05, 3.63) is 0 Å². The molecule has 9 N–H and O–H groups in total. The average molecular weight is 1140 g/mol. The summed E-state index contributed by atoms with van der Waals surface area (Å²) >= 11 is 0. The van der Waals surface area contributed by atoms with Crippen LogP contribution in [0.25, 0.3) is 0 Å². The third kappa shape index (κ3) is 25.3. The van der Waals surface area contributed by atoms with Crippen LogP contribution in [0, 0.1) is 0 Å². The lowest BCUT2D eigenvalue weighted by atomic mass is 9.98. The van der Waals surface area contributed by atoms with Gasteiger partial charge in [-0.15, -0.1) is 0 Å². The van der Waals surface area contributed by atoms with Crippen LogP contribution in [0.5, 0.6) is 0 Å². The Kier molecular flexibility index (Phi) is 34.5. The van der Waals surface area contributed by atoms with Crippen LogP contribution < -0.4 is 0 Å². The summed E-state index contributed by atoms with van der Waals surface area (Å²) in [7, 11) is 0. The summed E-state index contributed by atoms with van der Waals surface area (Å²) in [5, 5.41) is 99.6. The summed E-state index contributed by atoms with van der Waals surface area (Å²) < 4.78 is 53.2. The van der Waals surface area contributed by atoms with E-state index >= 15 is 0 Å². The molecule has 0 spiro atoms. The first kappa shape index (κ1) is 69.3. The van der Waals surface area contributed by atoms with Crippen LogP contribution in [-0.2, 0) is 57.0 Å². The molecule has 79 heavy (non-hydrogen) atoms. The van der Waals surface area contributed by atoms with E-state index in [1.165, 1.54) is 25.7 Å². The van der Waals surface area contributed by atoms with Gasteiger partial charge in [-0.2, -0.15) is 0 Å².